The maximum atomic E-state index is 12.1. The van der Waals surface area contributed by atoms with Gasteiger partial charge < -0.3 is 15.2 Å². The Labute approximate surface area is 163 Å². The highest BCUT2D eigenvalue weighted by atomic mass is 32.1. The molecule has 0 heterocycles. The molecule has 0 aliphatic heterocycles. The Hall–Kier alpha value is -3.12. The van der Waals surface area contributed by atoms with Crippen molar-refractivity contribution < 1.29 is 14.6 Å². The number of fused-ring (bicyclic) bond motifs is 1. The average molecular weight is 380 g/mol. The molecular formula is C21H20N2O3S. The van der Waals surface area contributed by atoms with E-state index in [0.717, 1.165) is 21.9 Å². The zero-order chi connectivity index (χ0) is 19.4. The van der Waals surface area contributed by atoms with Gasteiger partial charge in [0.15, 0.2) is 11.7 Å². The molecule has 0 bridgehead atoms. The summed E-state index contributed by atoms with van der Waals surface area (Å²) in [6.07, 6.45) is 0. The molecule has 3 aromatic rings. The number of benzene rings is 3. The number of ether oxygens (including phenoxy) is 1. The van der Waals surface area contributed by atoms with Crippen LogP contribution in [-0.4, -0.2) is 22.7 Å². The number of aryl methyl sites for hydroxylation is 2. The van der Waals surface area contributed by atoms with Crippen molar-refractivity contribution in [1.29, 1.82) is 0 Å². The van der Waals surface area contributed by atoms with E-state index >= 15 is 0 Å². The van der Waals surface area contributed by atoms with E-state index in [4.69, 9.17) is 17.0 Å². The van der Waals surface area contributed by atoms with Gasteiger partial charge in [-0.3, -0.25) is 10.1 Å². The quantitative estimate of drug-likeness (QED) is 0.470. The van der Waals surface area contributed by atoms with E-state index in [1.807, 2.05) is 56.3 Å². The number of amides is 1. The third kappa shape index (κ3) is 4.54. The first-order valence-corrected chi connectivity index (χ1v) is 8.86. The van der Waals surface area contributed by atoms with Crippen molar-refractivity contribution in [3.8, 4) is 11.5 Å². The maximum absolute atomic E-state index is 12.1. The van der Waals surface area contributed by atoms with Crippen molar-refractivity contribution in [2.45, 2.75) is 13.8 Å². The Morgan fingerprint density at radius 1 is 1.07 bits per heavy atom. The summed E-state index contributed by atoms with van der Waals surface area (Å²) in [6.45, 7) is 3.66. The summed E-state index contributed by atoms with van der Waals surface area (Å²) < 4.78 is 5.64. The van der Waals surface area contributed by atoms with Crippen LogP contribution in [-0.2, 0) is 4.79 Å². The first-order chi connectivity index (χ1) is 12.9. The van der Waals surface area contributed by atoms with Crippen molar-refractivity contribution in [2.24, 2.45) is 0 Å². The highest BCUT2D eigenvalue weighted by molar-refractivity contribution is 7.80. The van der Waals surface area contributed by atoms with Crippen LogP contribution in [0.1, 0.15) is 11.1 Å². The summed E-state index contributed by atoms with van der Waals surface area (Å²) in [5.41, 5.74) is 2.42. The number of hydrogen-bond acceptors (Lipinski definition) is 4. The number of thiocarbonyl (C=S) groups is 1. The van der Waals surface area contributed by atoms with E-state index in [2.05, 4.69) is 10.6 Å². The van der Waals surface area contributed by atoms with Gasteiger partial charge in [0.1, 0.15) is 11.5 Å². The number of carbonyl (C=O) groups excluding carboxylic acids is 1. The molecule has 138 valence electrons. The SMILES string of the molecule is Cc1cc(O)c(NC(=S)NC(=O)COc2cccc3ccccc23)cc1C. The Morgan fingerprint density at radius 2 is 1.78 bits per heavy atom. The molecule has 0 saturated heterocycles. The minimum Gasteiger partial charge on any atom is -0.506 e. The molecular weight excluding hydrogens is 360 g/mol. The monoisotopic (exact) mass is 380 g/mol. The first kappa shape index (κ1) is 18.7. The van der Waals surface area contributed by atoms with Crippen molar-refractivity contribution >= 4 is 39.7 Å². The molecule has 3 rings (SSSR count). The molecule has 0 aliphatic carbocycles. The van der Waals surface area contributed by atoms with Crippen molar-refractivity contribution in [3.05, 3.63) is 65.7 Å². The van der Waals surface area contributed by atoms with Crippen LogP contribution in [0.25, 0.3) is 10.8 Å². The Bertz CT molecular complexity index is 1010. The number of hydrogen-bond donors (Lipinski definition) is 3. The normalized spacial score (nSPS) is 10.4. The molecule has 6 heteroatoms. The molecule has 1 amide bonds. The summed E-state index contributed by atoms with van der Waals surface area (Å²) in [6, 6.07) is 16.9. The Kier molecular flexibility index (Phi) is 5.57. The van der Waals surface area contributed by atoms with Crippen LogP contribution >= 0.6 is 12.2 Å². The summed E-state index contributed by atoms with van der Waals surface area (Å²) >= 11 is 5.15. The van der Waals surface area contributed by atoms with Crippen molar-refractivity contribution in [2.75, 3.05) is 11.9 Å². The standard InChI is InChI=1S/C21H20N2O3S/c1-13-10-17(18(24)11-14(13)2)22-21(27)23-20(25)12-26-19-9-5-7-15-6-3-4-8-16(15)19/h3-11,24H,12H2,1-2H3,(H2,22,23,25,27). The van der Waals surface area contributed by atoms with Gasteiger partial charge in [0.2, 0.25) is 0 Å². The lowest BCUT2D eigenvalue weighted by molar-refractivity contribution is -0.121. The van der Waals surface area contributed by atoms with Gasteiger partial charge in [-0.1, -0.05) is 36.4 Å². The van der Waals surface area contributed by atoms with Crippen LogP contribution in [0.15, 0.2) is 54.6 Å². The van der Waals surface area contributed by atoms with Crippen LogP contribution in [0.5, 0.6) is 11.5 Å². The largest absolute Gasteiger partial charge is 0.506 e. The Morgan fingerprint density at radius 3 is 2.59 bits per heavy atom. The van der Waals surface area contributed by atoms with Gasteiger partial charge in [0.05, 0.1) is 5.69 Å². The van der Waals surface area contributed by atoms with Gasteiger partial charge >= 0.3 is 0 Å². The lowest BCUT2D eigenvalue weighted by Crippen LogP contribution is -2.37. The van der Waals surface area contributed by atoms with Crippen LogP contribution < -0.4 is 15.4 Å². The number of phenolic OH excluding ortho intramolecular Hbond substituents is 1. The van der Waals surface area contributed by atoms with Gasteiger partial charge in [-0.25, -0.2) is 0 Å². The molecule has 0 fully saturated rings. The molecule has 0 saturated carbocycles. The van der Waals surface area contributed by atoms with Gasteiger partial charge in [-0.2, -0.15) is 0 Å². The number of aromatic hydroxyl groups is 1. The van der Waals surface area contributed by atoms with E-state index in [0.29, 0.717) is 11.4 Å². The summed E-state index contributed by atoms with van der Waals surface area (Å²) in [4.78, 5) is 12.1. The van der Waals surface area contributed by atoms with Gasteiger partial charge in [-0.05, 0) is 60.8 Å². The summed E-state index contributed by atoms with van der Waals surface area (Å²) in [5.74, 6) is 0.319. The molecule has 0 spiro atoms. The zero-order valence-corrected chi connectivity index (χ0v) is 15.9. The molecule has 0 radical (unpaired) electrons. The fraction of sp³-hybridized carbons (Fsp3) is 0.143. The number of carbonyl (C=O) groups is 1. The van der Waals surface area contributed by atoms with Crippen molar-refractivity contribution in [1.82, 2.24) is 5.32 Å². The predicted molar refractivity (Wildman–Crippen MR) is 111 cm³/mol. The van der Waals surface area contributed by atoms with Gasteiger partial charge in [0, 0.05) is 5.39 Å². The van der Waals surface area contributed by atoms with E-state index < -0.39 is 0 Å². The molecule has 3 N–H and O–H groups in total. The first-order valence-electron chi connectivity index (χ1n) is 8.45. The van der Waals surface area contributed by atoms with Crippen molar-refractivity contribution in [3.63, 3.8) is 0 Å². The number of nitrogens with one attached hydrogen (secondary N) is 2. The maximum Gasteiger partial charge on any atom is 0.264 e. The summed E-state index contributed by atoms with van der Waals surface area (Å²) in [7, 11) is 0. The third-order valence-electron chi connectivity index (χ3n) is 4.22. The highest BCUT2D eigenvalue weighted by Crippen LogP contribution is 2.27. The van der Waals surface area contributed by atoms with Gasteiger partial charge in [0.25, 0.3) is 5.91 Å². The topological polar surface area (TPSA) is 70.6 Å². The lowest BCUT2D eigenvalue weighted by atomic mass is 10.1. The van der Waals surface area contributed by atoms with Crippen LogP contribution in [0.4, 0.5) is 5.69 Å². The fourth-order valence-electron chi connectivity index (χ4n) is 2.68. The van der Waals surface area contributed by atoms with E-state index in [9.17, 15) is 9.90 Å². The second kappa shape index (κ2) is 8.05. The van der Waals surface area contributed by atoms with Gasteiger partial charge in [-0.15, -0.1) is 0 Å². The van der Waals surface area contributed by atoms with E-state index in [1.165, 1.54) is 0 Å². The molecule has 27 heavy (non-hydrogen) atoms. The van der Waals surface area contributed by atoms with E-state index in [-0.39, 0.29) is 23.4 Å². The second-order valence-corrected chi connectivity index (χ2v) is 6.63. The summed E-state index contributed by atoms with van der Waals surface area (Å²) in [5, 5.41) is 17.5. The highest BCUT2D eigenvalue weighted by Gasteiger charge is 2.10. The molecule has 0 aliphatic rings. The number of phenols is 1. The van der Waals surface area contributed by atoms with E-state index in [1.54, 1.807) is 12.1 Å². The lowest BCUT2D eigenvalue weighted by Gasteiger charge is -2.13. The molecule has 5 nitrogen and oxygen atoms in total. The smallest absolute Gasteiger partial charge is 0.264 e. The predicted octanol–water partition coefficient (Wildman–Crippen LogP) is 4.05. The minimum atomic E-state index is -0.385. The number of rotatable bonds is 4. The molecule has 0 aromatic heterocycles. The van der Waals surface area contributed by atoms with Crippen LogP contribution in [0.2, 0.25) is 0 Å². The second-order valence-electron chi connectivity index (χ2n) is 6.22. The molecule has 3 aromatic carbocycles. The average Bonchev–Trinajstić information content (AvgIpc) is 2.64. The minimum absolute atomic E-state index is 0.0710. The molecule has 0 unspecified atom stereocenters. The van der Waals surface area contributed by atoms with Crippen LogP contribution in [0, 0.1) is 13.8 Å². The van der Waals surface area contributed by atoms with Crippen LogP contribution in [0.3, 0.4) is 0 Å². The zero-order valence-electron chi connectivity index (χ0n) is 15.1. The third-order valence-corrected chi connectivity index (χ3v) is 4.43. The fourth-order valence-corrected chi connectivity index (χ4v) is 2.91. The number of anilines is 1. The molecule has 0 atom stereocenters. The Balaban J connectivity index is 1.59.